The molecule has 0 aliphatic carbocycles. The number of halogens is 1. The summed E-state index contributed by atoms with van der Waals surface area (Å²) in [7, 11) is 1.49. The zero-order chi connectivity index (χ0) is 16.4. The van der Waals surface area contributed by atoms with E-state index in [0.29, 0.717) is 22.4 Å². The van der Waals surface area contributed by atoms with Crippen molar-refractivity contribution in [1.29, 1.82) is 0 Å². The number of fused-ring (bicyclic) bond motifs is 1. The average Bonchev–Trinajstić information content (AvgIpc) is 2.55. The van der Waals surface area contributed by atoms with Crippen LogP contribution in [0, 0.1) is 3.57 Å². The summed E-state index contributed by atoms with van der Waals surface area (Å²) in [5.74, 6) is -0.0586. The predicted molar refractivity (Wildman–Crippen MR) is 96.1 cm³/mol. The lowest BCUT2D eigenvalue weighted by molar-refractivity contribution is 0.102. The van der Waals surface area contributed by atoms with Gasteiger partial charge in [-0.2, -0.15) is 0 Å². The van der Waals surface area contributed by atoms with E-state index >= 15 is 0 Å². The molecule has 3 aromatic rings. The third kappa shape index (κ3) is 3.07. The fourth-order valence-electron chi connectivity index (χ4n) is 2.19. The molecule has 5 nitrogen and oxygen atoms in total. The number of methoxy groups -OCH3 is 1. The van der Waals surface area contributed by atoms with Gasteiger partial charge in [0.05, 0.1) is 12.8 Å². The minimum absolute atomic E-state index is 0.0505. The Morgan fingerprint density at radius 2 is 1.96 bits per heavy atom. The highest BCUT2D eigenvalue weighted by molar-refractivity contribution is 14.1. The first-order valence-corrected chi connectivity index (χ1v) is 7.85. The first-order valence-electron chi connectivity index (χ1n) is 6.77. The molecule has 1 N–H and O–H groups in total. The molecule has 0 saturated heterocycles. The van der Waals surface area contributed by atoms with Gasteiger partial charge >= 0.3 is 5.63 Å². The van der Waals surface area contributed by atoms with Gasteiger partial charge in [-0.15, -0.1) is 0 Å². The van der Waals surface area contributed by atoms with E-state index in [1.807, 2.05) is 18.2 Å². The highest BCUT2D eigenvalue weighted by Crippen LogP contribution is 2.25. The lowest BCUT2D eigenvalue weighted by Gasteiger charge is -2.08. The van der Waals surface area contributed by atoms with Crippen LogP contribution in [0.2, 0.25) is 0 Å². The van der Waals surface area contributed by atoms with Gasteiger partial charge < -0.3 is 14.5 Å². The standard InChI is InChI=1S/C17H12INO4/c1-22-14-8-4-5-10-9-11(17(21)23-15(10)14)16(20)19-13-7-3-2-6-12(13)18/h2-9H,1H3,(H,19,20). The summed E-state index contributed by atoms with van der Waals surface area (Å²) >= 11 is 2.11. The van der Waals surface area contributed by atoms with E-state index in [2.05, 4.69) is 27.9 Å². The summed E-state index contributed by atoms with van der Waals surface area (Å²) in [6.45, 7) is 0. The Hall–Kier alpha value is -2.35. The number of carbonyl (C=O) groups excluding carboxylic acids is 1. The van der Waals surface area contributed by atoms with Crippen molar-refractivity contribution in [2.75, 3.05) is 12.4 Å². The van der Waals surface area contributed by atoms with Crippen molar-refractivity contribution in [3.8, 4) is 5.75 Å². The molecule has 0 spiro atoms. The summed E-state index contributed by atoms with van der Waals surface area (Å²) in [5.41, 5.74) is 0.213. The number of para-hydroxylation sites is 2. The van der Waals surface area contributed by atoms with E-state index in [9.17, 15) is 9.59 Å². The van der Waals surface area contributed by atoms with E-state index in [1.165, 1.54) is 13.2 Å². The summed E-state index contributed by atoms with van der Waals surface area (Å²) < 4.78 is 11.3. The van der Waals surface area contributed by atoms with E-state index in [4.69, 9.17) is 9.15 Å². The third-order valence-electron chi connectivity index (χ3n) is 3.31. The quantitative estimate of drug-likeness (QED) is 0.518. The van der Waals surface area contributed by atoms with Gasteiger partial charge in [0, 0.05) is 8.96 Å². The van der Waals surface area contributed by atoms with E-state index in [0.717, 1.165) is 3.57 Å². The van der Waals surface area contributed by atoms with Crippen molar-refractivity contribution in [3.63, 3.8) is 0 Å². The molecule has 1 aromatic heterocycles. The Labute approximate surface area is 145 Å². The molecule has 0 bridgehead atoms. The van der Waals surface area contributed by atoms with Crippen LogP contribution in [0.1, 0.15) is 10.4 Å². The Bertz CT molecular complexity index is 949. The molecule has 1 amide bonds. The molecule has 0 aliphatic heterocycles. The Morgan fingerprint density at radius 1 is 1.17 bits per heavy atom. The molecule has 0 aliphatic rings. The van der Waals surface area contributed by atoms with Gasteiger partial charge in [-0.25, -0.2) is 4.79 Å². The zero-order valence-corrected chi connectivity index (χ0v) is 14.3. The van der Waals surface area contributed by atoms with E-state index in [1.54, 1.807) is 24.3 Å². The van der Waals surface area contributed by atoms with E-state index < -0.39 is 11.5 Å². The number of carbonyl (C=O) groups is 1. The van der Waals surface area contributed by atoms with Gasteiger partial charge in [-0.3, -0.25) is 4.79 Å². The molecule has 0 saturated carbocycles. The normalized spacial score (nSPS) is 10.5. The maximum Gasteiger partial charge on any atom is 0.349 e. The first kappa shape index (κ1) is 15.5. The fourth-order valence-corrected chi connectivity index (χ4v) is 2.71. The lowest BCUT2D eigenvalue weighted by Crippen LogP contribution is -2.21. The maximum atomic E-state index is 12.4. The van der Waals surface area contributed by atoms with Crippen LogP contribution in [0.5, 0.6) is 5.75 Å². The topological polar surface area (TPSA) is 68.5 Å². The summed E-state index contributed by atoms with van der Waals surface area (Å²) in [6, 6.07) is 14.0. The lowest BCUT2D eigenvalue weighted by atomic mass is 10.1. The number of ether oxygens (including phenoxy) is 1. The molecule has 1 heterocycles. The van der Waals surface area contributed by atoms with Crippen molar-refractivity contribution in [1.82, 2.24) is 0 Å². The van der Waals surface area contributed by atoms with Crippen LogP contribution >= 0.6 is 22.6 Å². The minimum Gasteiger partial charge on any atom is -0.493 e. The monoisotopic (exact) mass is 421 g/mol. The smallest absolute Gasteiger partial charge is 0.349 e. The van der Waals surface area contributed by atoms with Gasteiger partial charge in [0.25, 0.3) is 5.91 Å². The van der Waals surface area contributed by atoms with Crippen LogP contribution in [0.25, 0.3) is 11.0 Å². The Morgan fingerprint density at radius 3 is 2.70 bits per heavy atom. The van der Waals surface area contributed by atoms with Crippen LogP contribution in [-0.4, -0.2) is 13.0 Å². The predicted octanol–water partition coefficient (Wildman–Crippen LogP) is 3.66. The summed E-state index contributed by atoms with van der Waals surface area (Å²) in [5, 5.41) is 3.35. The van der Waals surface area contributed by atoms with Gasteiger partial charge in [0.15, 0.2) is 11.3 Å². The summed E-state index contributed by atoms with van der Waals surface area (Å²) in [4.78, 5) is 24.5. The number of hydrogen-bond acceptors (Lipinski definition) is 4. The maximum absolute atomic E-state index is 12.4. The van der Waals surface area contributed by atoms with E-state index in [-0.39, 0.29) is 5.56 Å². The number of rotatable bonds is 3. The molecule has 0 unspecified atom stereocenters. The number of nitrogens with one attached hydrogen (secondary N) is 1. The number of benzene rings is 2. The van der Waals surface area contributed by atoms with Crippen molar-refractivity contribution in [2.24, 2.45) is 0 Å². The second-order valence-electron chi connectivity index (χ2n) is 4.76. The van der Waals surface area contributed by atoms with Crippen LogP contribution in [0.4, 0.5) is 5.69 Å². The molecular formula is C17H12INO4. The third-order valence-corrected chi connectivity index (χ3v) is 4.25. The minimum atomic E-state index is -0.703. The van der Waals surface area contributed by atoms with Crippen molar-refractivity contribution >= 4 is 45.2 Å². The van der Waals surface area contributed by atoms with Crippen LogP contribution in [-0.2, 0) is 0 Å². The zero-order valence-electron chi connectivity index (χ0n) is 12.1. The van der Waals surface area contributed by atoms with Crippen LogP contribution in [0.3, 0.4) is 0 Å². The number of hydrogen-bond donors (Lipinski definition) is 1. The van der Waals surface area contributed by atoms with Crippen LogP contribution in [0.15, 0.2) is 57.7 Å². The summed E-state index contributed by atoms with van der Waals surface area (Å²) in [6.07, 6.45) is 0. The van der Waals surface area contributed by atoms with Gasteiger partial charge in [0.2, 0.25) is 0 Å². The van der Waals surface area contributed by atoms with Crippen molar-refractivity contribution < 1.29 is 13.9 Å². The average molecular weight is 421 g/mol. The molecular weight excluding hydrogens is 409 g/mol. The molecule has 0 atom stereocenters. The molecule has 116 valence electrons. The molecule has 0 radical (unpaired) electrons. The molecule has 6 heteroatoms. The number of amides is 1. The molecule has 23 heavy (non-hydrogen) atoms. The molecule has 0 fully saturated rings. The second kappa shape index (κ2) is 6.41. The molecule has 2 aromatic carbocycles. The van der Waals surface area contributed by atoms with Gasteiger partial charge in [-0.1, -0.05) is 24.3 Å². The highest BCUT2D eigenvalue weighted by Gasteiger charge is 2.16. The van der Waals surface area contributed by atoms with Crippen molar-refractivity contribution in [3.05, 3.63) is 68.1 Å². The largest absolute Gasteiger partial charge is 0.493 e. The Balaban J connectivity index is 2.03. The van der Waals surface area contributed by atoms with Gasteiger partial charge in [-0.05, 0) is 46.9 Å². The molecule has 3 rings (SSSR count). The highest BCUT2D eigenvalue weighted by atomic mass is 127. The van der Waals surface area contributed by atoms with Crippen LogP contribution < -0.4 is 15.7 Å². The SMILES string of the molecule is COc1cccc2cc(C(=O)Nc3ccccc3I)c(=O)oc12. The number of anilines is 1. The first-order chi connectivity index (χ1) is 11.1. The second-order valence-corrected chi connectivity index (χ2v) is 5.92. The Kier molecular flexibility index (Phi) is 4.33. The van der Waals surface area contributed by atoms with Gasteiger partial charge in [0.1, 0.15) is 5.56 Å². The fraction of sp³-hybridized carbons (Fsp3) is 0.0588. The van der Waals surface area contributed by atoms with Crippen molar-refractivity contribution in [2.45, 2.75) is 0 Å².